The predicted octanol–water partition coefficient (Wildman–Crippen LogP) is 5.47. The number of alkyl halides is 3. The van der Waals surface area contributed by atoms with Crippen LogP contribution in [0.2, 0.25) is 10.0 Å². The third-order valence-corrected chi connectivity index (χ3v) is 3.37. The number of non-ortho nitro benzene ring substituents is 1. The predicted molar refractivity (Wildman–Crippen MR) is 75.2 cm³/mol. The van der Waals surface area contributed by atoms with Gasteiger partial charge in [0.1, 0.15) is 5.75 Å². The van der Waals surface area contributed by atoms with Crippen LogP contribution in [0.15, 0.2) is 36.4 Å². The quantitative estimate of drug-likeness (QED) is 0.544. The molecule has 0 heterocycles. The Labute approximate surface area is 132 Å². The van der Waals surface area contributed by atoms with Crippen LogP contribution in [-0.2, 0) is 0 Å². The SMILES string of the molecule is O=[N+]([O-])c1ccc(OC(F)(F)F)c(-c2ccc(Cl)c(Cl)c2)c1. The first-order valence-electron chi connectivity index (χ1n) is 5.67. The minimum atomic E-state index is -4.93. The van der Waals surface area contributed by atoms with E-state index in [4.69, 9.17) is 23.2 Å². The van der Waals surface area contributed by atoms with Gasteiger partial charge in [0, 0.05) is 17.7 Å². The molecule has 9 heteroatoms. The second-order valence-electron chi connectivity index (χ2n) is 4.11. The average molecular weight is 352 g/mol. The largest absolute Gasteiger partial charge is 0.573 e. The van der Waals surface area contributed by atoms with Crippen LogP contribution in [0.5, 0.6) is 5.75 Å². The van der Waals surface area contributed by atoms with Gasteiger partial charge in [0.25, 0.3) is 5.69 Å². The normalized spacial score (nSPS) is 11.3. The molecule has 4 nitrogen and oxygen atoms in total. The molecule has 22 heavy (non-hydrogen) atoms. The maximum absolute atomic E-state index is 12.4. The summed E-state index contributed by atoms with van der Waals surface area (Å²) in [5.74, 6) is -0.573. The van der Waals surface area contributed by atoms with Gasteiger partial charge in [0.15, 0.2) is 0 Å². The number of benzene rings is 2. The molecule has 0 saturated carbocycles. The van der Waals surface area contributed by atoms with E-state index in [9.17, 15) is 23.3 Å². The van der Waals surface area contributed by atoms with E-state index in [0.717, 1.165) is 18.2 Å². The number of rotatable bonds is 3. The molecule has 116 valence electrons. The Morgan fingerprint density at radius 3 is 2.27 bits per heavy atom. The summed E-state index contributed by atoms with van der Waals surface area (Å²) in [7, 11) is 0. The van der Waals surface area contributed by atoms with Gasteiger partial charge in [-0.25, -0.2) is 0 Å². The van der Waals surface area contributed by atoms with Gasteiger partial charge < -0.3 is 4.74 Å². The molecular formula is C13H6Cl2F3NO3. The lowest BCUT2D eigenvalue weighted by molar-refractivity contribution is -0.384. The van der Waals surface area contributed by atoms with Gasteiger partial charge in [-0.05, 0) is 23.8 Å². The van der Waals surface area contributed by atoms with Crippen molar-refractivity contribution in [2.24, 2.45) is 0 Å². The van der Waals surface area contributed by atoms with Crippen LogP contribution in [0.3, 0.4) is 0 Å². The first kappa shape index (κ1) is 16.4. The second kappa shape index (κ2) is 6.02. The monoisotopic (exact) mass is 351 g/mol. The van der Waals surface area contributed by atoms with Crippen LogP contribution in [0, 0.1) is 10.1 Å². The van der Waals surface area contributed by atoms with Gasteiger partial charge in [0.05, 0.1) is 15.0 Å². The fourth-order valence-electron chi connectivity index (χ4n) is 1.73. The summed E-state index contributed by atoms with van der Waals surface area (Å²) in [6.07, 6.45) is -4.93. The van der Waals surface area contributed by atoms with E-state index >= 15 is 0 Å². The first-order chi connectivity index (χ1) is 10.2. The number of hydrogen-bond acceptors (Lipinski definition) is 3. The number of ether oxygens (including phenoxy) is 1. The number of nitrogens with zero attached hydrogens (tertiary/aromatic N) is 1. The van der Waals surface area contributed by atoms with E-state index in [1.54, 1.807) is 0 Å². The van der Waals surface area contributed by atoms with E-state index in [2.05, 4.69) is 4.74 Å². The number of nitro groups is 1. The van der Waals surface area contributed by atoms with Crippen LogP contribution in [0.4, 0.5) is 18.9 Å². The Balaban J connectivity index is 2.60. The van der Waals surface area contributed by atoms with Gasteiger partial charge in [-0.3, -0.25) is 10.1 Å². The molecule has 0 atom stereocenters. The van der Waals surface area contributed by atoms with Gasteiger partial charge in [-0.15, -0.1) is 13.2 Å². The molecule has 0 aliphatic carbocycles. The van der Waals surface area contributed by atoms with E-state index < -0.39 is 17.0 Å². The Morgan fingerprint density at radius 1 is 1.05 bits per heavy atom. The Bertz CT molecular complexity index is 735. The molecule has 0 aliphatic heterocycles. The van der Waals surface area contributed by atoms with E-state index in [1.807, 2.05) is 0 Å². The van der Waals surface area contributed by atoms with Crippen LogP contribution in [-0.4, -0.2) is 11.3 Å². The van der Waals surface area contributed by atoms with E-state index in [1.165, 1.54) is 18.2 Å². The molecule has 0 bridgehead atoms. The fourth-order valence-corrected chi connectivity index (χ4v) is 2.03. The van der Waals surface area contributed by atoms with Crippen LogP contribution < -0.4 is 4.74 Å². The van der Waals surface area contributed by atoms with Crippen molar-refractivity contribution in [1.82, 2.24) is 0 Å². The summed E-state index contributed by atoms with van der Waals surface area (Å²) in [4.78, 5) is 10.1. The fraction of sp³-hybridized carbons (Fsp3) is 0.0769. The summed E-state index contributed by atoms with van der Waals surface area (Å²) in [6.45, 7) is 0. The summed E-state index contributed by atoms with van der Waals surface area (Å²) < 4.78 is 41.2. The van der Waals surface area contributed by atoms with Crippen molar-refractivity contribution in [2.45, 2.75) is 6.36 Å². The highest BCUT2D eigenvalue weighted by Crippen LogP contribution is 2.38. The molecule has 2 rings (SSSR count). The lowest BCUT2D eigenvalue weighted by Gasteiger charge is -2.13. The highest BCUT2D eigenvalue weighted by Gasteiger charge is 2.32. The third kappa shape index (κ3) is 3.80. The number of halogens is 5. The first-order valence-corrected chi connectivity index (χ1v) is 6.42. The van der Waals surface area contributed by atoms with Crippen molar-refractivity contribution in [2.75, 3.05) is 0 Å². The molecule has 0 unspecified atom stereocenters. The van der Waals surface area contributed by atoms with Gasteiger partial charge >= 0.3 is 6.36 Å². The summed E-state index contributed by atoms with van der Waals surface area (Å²) in [5.41, 5.74) is -0.293. The third-order valence-electron chi connectivity index (χ3n) is 2.63. The zero-order chi connectivity index (χ0) is 16.5. The van der Waals surface area contributed by atoms with Crippen molar-refractivity contribution in [1.29, 1.82) is 0 Å². The molecule has 2 aromatic carbocycles. The molecule has 0 aliphatic rings. The van der Waals surface area contributed by atoms with Crippen molar-refractivity contribution in [3.63, 3.8) is 0 Å². The van der Waals surface area contributed by atoms with E-state index in [-0.39, 0.29) is 26.9 Å². The lowest BCUT2D eigenvalue weighted by Crippen LogP contribution is -2.17. The summed E-state index contributed by atoms with van der Waals surface area (Å²) >= 11 is 11.6. The molecule has 2 aromatic rings. The number of nitro benzene ring substituents is 1. The Hall–Kier alpha value is -1.99. The van der Waals surface area contributed by atoms with Gasteiger partial charge in [0.2, 0.25) is 0 Å². The summed E-state index contributed by atoms with van der Waals surface area (Å²) in [6, 6.07) is 6.82. The molecule has 0 radical (unpaired) electrons. The minimum Gasteiger partial charge on any atom is -0.405 e. The molecule has 0 spiro atoms. The molecule has 0 saturated heterocycles. The van der Waals surface area contributed by atoms with Gasteiger partial charge in [-0.1, -0.05) is 29.3 Å². The maximum atomic E-state index is 12.4. The molecule has 0 N–H and O–H groups in total. The van der Waals surface area contributed by atoms with Gasteiger partial charge in [-0.2, -0.15) is 0 Å². The highest BCUT2D eigenvalue weighted by molar-refractivity contribution is 6.42. The zero-order valence-electron chi connectivity index (χ0n) is 10.5. The van der Waals surface area contributed by atoms with E-state index in [0.29, 0.717) is 0 Å². The highest BCUT2D eigenvalue weighted by atomic mass is 35.5. The summed E-state index contributed by atoms with van der Waals surface area (Å²) in [5, 5.41) is 11.1. The smallest absolute Gasteiger partial charge is 0.405 e. The van der Waals surface area contributed by atoms with Crippen LogP contribution in [0.25, 0.3) is 11.1 Å². The zero-order valence-corrected chi connectivity index (χ0v) is 12.0. The standard InChI is InChI=1S/C13H6Cl2F3NO3/c14-10-3-1-7(5-11(10)15)9-6-8(19(20)21)2-4-12(9)22-13(16,17)18/h1-6H. The van der Waals surface area contributed by atoms with Crippen molar-refractivity contribution >= 4 is 28.9 Å². The molecule has 0 fully saturated rings. The molecule has 0 amide bonds. The molecular weight excluding hydrogens is 346 g/mol. The van der Waals surface area contributed by atoms with Crippen LogP contribution in [0.1, 0.15) is 0 Å². The maximum Gasteiger partial charge on any atom is 0.573 e. The average Bonchev–Trinajstić information content (AvgIpc) is 2.40. The number of hydrogen-bond donors (Lipinski definition) is 0. The van der Waals surface area contributed by atoms with Crippen LogP contribution >= 0.6 is 23.2 Å². The van der Waals surface area contributed by atoms with Crippen molar-refractivity contribution < 1.29 is 22.8 Å². The Morgan fingerprint density at radius 2 is 1.73 bits per heavy atom. The minimum absolute atomic E-state index is 0.101. The van der Waals surface area contributed by atoms with Crippen molar-refractivity contribution in [3.05, 3.63) is 56.6 Å². The molecule has 0 aromatic heterocycles. The lowest BCUT2D eigenvalue weighted by atomic mass is 10.0. The Kier molecular flexibility index (Phi) is 4.48. The topological polar surface area (TPSA) is 52.4 Å². The second-order valence-corrected chi connectivity index (χ2v) is 4.93. The van der Waals surface area contributed by atoms with Crippen molar-refractivity contribution in [3.8, 4) is 16.9 Å².